The first kappa shape index (κ1) is 9.21. The third-order valence-electron chi connectivity index (χ3n) is 2.75. The van der Waals surface area contributed by atoms with Gasteiger partial charge in [-0.05, 0) is 18.7 Å². The smallest absolute Gasteiger partial charge is 0.155 e. The number of nitrogen functional groups attached to an aromatic ring is 1. The number of likely N-dealkylation sites (N-methyl/N-ethyl adjacent to an activating group) is 1. The molecule has 3 nitrogen and oxygen atoms in total. The first-order chi connectivity index (χ1) is 6.70. The maximum Gasteiger partial charge on any atom is 0.155 e. The molecule has 0 amide bonds. The molecule has 0 spiro atoms. The number of para-hydroxylation sites is 1. The molecule has 2 rings (SSSR count). The van der Waals surface area contributed by atoms with Crippen LogP contribution in [0.4, 0.5) is 5.69 Å². The Balaban J connectivity index is 2.39. The second kappa shape index (κ2) is 3.42. The van der Waals surface area contributed by atoms with Gasteiger partial charge in [-0.25, -0.2) is 0 Å². The molecule has 1 aromatic rings. The van der Waals surface area contributed by atoms with E-state index in [1.807, 2.05) is 36.2 Å². The van der Waals surface area contributed by atoms with Crippen molar-refractivity contribution >= 4 is 11.5 Å². The highest BCUT2D eigenvalue weighted by atomic mass is 16.1. The summed E-state index contributed by atoms with van der Waals surface area (Å²) in [5, 5.41) is 0. The first-order valence-corrected chi connectivity index (χ1v) is 4.77. The van der Waals surface area contributed by atoms with E-state index in [0.717, 1.165) is 12.1 Å². The quantitative estimate of drug-likeness (QED) is 0.677. The van der Waals surface area contributed by atoms with Crippen molar-refractivity contribution in [1.29, 1.82) is 0 Å². The number of benzene rings is 1. The van der Waals surface area contributed by atoms with Crippen LogP contribution in [-0.2, 0) is 4.79 Å². The average molecular weight is 190 g/mol. The molecule has 1 atom stereocenters. The van der Waals surface area contributed by atoms with Gasteiger partial charge in [-0.3, -0.25) is 9.69 Å². The van der Waals surface area contributed by atoms with Gasteiger partial charge in [-0.2, -0.15) is 0 Å². The van der Waals surface area contributed by atoms with Crippen molar-refractivity contribution in [2.75, 3.05) is 19.3 Å². The van der Waals surface area contributed by atoms with Crippen molar-refractivity contribution in [2.45, 2.75) is 12.5 Å². The fraction of sp³-hybridized carbons (Fsp3) is 0.364. The van der Waals surface area contributed by atoms with Crippen LogP contribution in [0.1, 0.15) is 18.0 Å². The maximum absolute atomic E-state index is 11.6. The van der Waals surface area contributed by atoms with Crippen molar-refractivity contribution in [3.63, 3.8) is 0 Å². The van der Waals surface area contributed by atoms with Gasteiger partial charge in [-0.1, -0.05) is 18.2 Å². The molecule has 74 valence electrons. The highest BCUT2D eigenvalue weighted by molar-refractivity contribution is 5.88. The van der Waals surface area contributed by atoms with Gasteiger partial charge in [0, 0.05) is 18.7 Å². The van der Waals surface area contributed by atoms with Gasteiger partial charge < -0.3 is 5.73 Å². The lowest BCUT2D eigenvalue weighted by Gasteiger charge is -2.19. The lowest BCUT2D eigenvalue weighted by atomic mass is 10.0. The summed E-state index contributed by atoms with van der Waals surface area (Å²) in [4.78, 5) is 13.7. The minimum Gasteiger partial charge on any atom is -0.398 e. The second-order valence-corrected chi connectivity index (χ2v) is 3.73. The highest BCUT2D eigenvalue weighted by Gasteiger charge is 2.31. The zero-order chi connectivity index (χ0) is 10.1. The molecule has 0 saturated carbocycles. The predicted molar refractivity (Wildman–Crippen MR) is 55.8 cm³/mol. The minimum atomic E-state index is -0.129. The molecule has 0 bridgehead atoms. The number of rotatable bonds is 1. The zero-order valence-electron chi connectivity index (χ0n) is 8.23. The molecule has 3 heteroatoms. The molecule has 0 radical (unpaired) electrons. The summed E-state index contributed by atoms with van der Waals surface area (Å²) in [5.41, 5.74) is 7.50. The van der Waals surface area contributed by atoms with Crippen molar-refractivity contribution in [2.24, 2.45) is 0 Å². The molecular formula is C11H14N2O. The summed E-state index contributed by atoms with van der Waals surface area (Å²) in [5.74, 6) is 0.269. The molecule has 14 heavy (non-hydrogen) atoms. The SMILES string of the molecule is CN1CCC(=O)C1c1ccccc1N. The van der Waals surface area contributed by atoms with E-state index in [-0.39, 0.29) is 11.8 Å². The van der Waals surface area contributed by atoms with E-state index >= 15 is 0 Å². The van der Waals surface area contributed by atoms with Gasteiger partial charge in [0.05, 0.1) is 6.04 Å². The van der Waals surface area contributed by atoms with Crippen LogP contribution in [0.25, 0.3) is 0 Å². The highest BCUT2D eigenvalue weighted by Crippen LogP contribution is 2.30. The number of nitrogens with zero attached hydrogens (tertiary/aromatic N) is 1. The number of carbonyl (C=O) groups excluding carboxylic acids is 1. The number of ketones is 1. The Labute approximate surface area is 83.5 Å². The van der Waals surface area contributed by atoms with Gasteiger partial charge >= 0.3 is 0 Å². The monoisotopic (exact) mass is 190 g/mol. The van der Waals surface area contributed by atoms with Crippen molar-refractivity contribution < 1.29 is 4.79 Å². The van der Waals surface area contributed by atoms with Crippen LogP contribution in [0, 0.1) is 0 Å². The number of hydrogen-bond acceptors (Lipinski definition) is 3. The van der Waals surface area contributed by atoms with E-state index in [4.69, 9.17) is 5.73 Å². The fourth-order valence-corrected chi connectivity index (χ4v) is 1.97. The van der Waals surface area contributed by atoms with E-state index in [1.54, 1.807) is 0 Å². The van der Waals surface area contributed by atoms with E-state index in [2.05, 4.69) is 0 Å². The Morgan fingerprint density at radius 3 is 2.71 bits per heavy atom. The Morgan fingerprint density at radius 1 is 1.43 bits per heavy atom. The first-order valence-electron chi connectivity index (χ1n) is 4.77. The third-order valence-corrected chi connectivity index (χ3v) is 2.75. The summed E-state index contributed by atoms with van der Waals surface area (Å²) < 4.78 is 0. The molecule has 2 N–H and O–H groups in total. The number of likely N-dealkylation sites (tertiary alicyclic amines) is 1. The van der Waals surface area contributed by atoms with Gasteiger partial charge in [0.1, 0.15) is 0 Å². The largest absolute Gasteiger partial charge is 0.398 e. The van der Waals surface area contributed by atoms with Crippen LogP contribution in [0.15, 0.2) is 24.3 Å². The van der Waals surface area contributed by atoms with Crippen molar-refractivity contribution in [3.05, 3.63) is 29.8 Å². The summed E-state index contributed by atoms with van der Waals surface area (Å²) >= 11 is 0. The van der Waals surface area contributed by atoms with Crippen molar-refractivity contribution in [3.8, 4) is 0 Å². The van der Waals surface area contributed by atoms with Gasteiger partial charge in [0.2, 0.25) is 0 Å². The third kappa shape index (κ3) is 1.40. The normalized spacial score (nSPS) is 22.9. The van der Waals surface area contributed by atoms with Gasteiger partial charge in [0.25, 0.3) is 0 Å². The maximum atomic E-state index is 11.6. The lowest BCUT2D eigenvalue weighted by molar-refractivity contribution is -0.119. The Kier molecular flexibility index (Phi) is 2.25. The molecule has 1 unspecified atom stereocenters. The number of nitrogens with two attached hydrogens (primary N) is 1. The molecular weight excluding hydrogens is 176 g/mol. The minimum absolute atomic E-state index is 0.129. The van der Waals surface area contributed by atoms with E-state index in [9.17, 15) is 4.79 Å². The average Bonchev–Trinajstić information content (AvgIpc) is 2.48. The molecule has 0 aliphatic carbocycles. The molecule has 1 saturated heterocycles. The Hall–Kier alpha value is -1.35. The number of hydrogen-bond donors (Lipinski definition) is 1. The summed E-state index contributed by atoms with van der Waals surface area (Å²) in [7, 11) is 1.96. The molecule has 1 fully saturated rings. The predicted octanol–water partition coefficient (Wildman–Crippen LogP) is 1.21. The van der Waals surface area contributed by atoms with Crippen LogP contribution < -0.4 is 5.73 Å². The molecule has 0 aromatic heterocycles. The van der Waals surface area contributed by atoms with Crippen LogP contribution in [0.5, 0.6) is 0 Å². The van der Waals surface area contributed by atoms with Crippen LogP contribution in [0.3, 0.4) is 0 Å². The Morgan fingerprint density at radius 2 is 2.14 bits per heavy atom. The summed E-state index contributed by atoms with van der Waals surface area (Å²) in [6, 6.07) is 7.45. The number of carbonyl (C=O) groups is 1. The number of Topliss-reactive ketones (excluding diaryl/α,β-unsaturated/α-hetero) is 1. The Bertz CT molecular complexity index is 362. The van der Waals surface area contributed by atoms with Gasteiger partial charge in [-0.15, -0.1) is 0 Å². The molecule has 1 heterocycles. The second-order valence-electron chi connectivity index (χ2n) is 3.73. The summed E-state index contributed by atoms with van der Waals surface area (Å²) in [6.45, 7) is 0.831. The summed E-state index contributed by atoms with van der Waals surface area (Å²) in [6.07, 6.45) is 0.634. The lowest BCUT2D eigenvalue weighted by Crippen LogP contribution is -2.22. The van der Waals surface area contributed by atoms with E-state index in [0.29, 0.717) is 12.1 Å². The van der Waals surface area contributed by atoms with E-state index in [1.165, 1.54) is 0 Å². The molecule has 1 aromatic carbocycles. The van der Waals surface area contributed by atoms with Gasteiger partial charge in [0.15, 0.2) is 5.78 Å². The van der Waals surface area contributed by atoms with Crippen LogP contribution >= 0.6 is 0 Å². The fourth-order valence-electron chi connectivity index (χ4n) is 1.97. The van der Waals surface area contributed by atoms with Crippen LogP contribution in [0.2, 0.25) is 0 Å². The topological polar surface area (TPSA) is 46.3 Å². The van der Waals surface area contributed by atoms with Crippen molar-refractivity contribution in [1.82, 2.24) is 4.90 Å². The number of anilines is 1. The molecule has 1 aliphatic heterocycles. The molecule has 1 aliphatic rings. The standard InChI is InChI=1S/C11H14N2O/c1-13-7-6-10(14)11(13)8-4-2-3-5-9(8)12/h2-5,11H,6-7,12H2,1H3. The van der Waals surface area contributed by atoms with Crippen LogP contribution in [-0.4, -0.2) is 24.3 Å². The van der Waals surface area contributed by atoms with E-state index < -0.39 is 0 Å². The zero-order valence-corrected chi connectivity index (χ0v) is 8.23.